The molecule has 140 valence electrons. The monoisotopic (exact) mass is 427 g/mol. The first-order valence-electron chi connectivity index (χ1n) is 7.77. The van der Waals surface area contributed by atoms with Gasteiger partial charge in [0.2, 0.25) is 0 Å². The molecule has 0 bridgehead atoms. The highest BCUT2D eigenvalue weighted by molar-refractivity contribution is 6.40. The van der Waals surface area contributed by atoms with E-state index in [1.54, 1.807) is 19.1 Å². The maximum Gasteiger partial charge on any atom is 0.291 e. The average molecular weight is 429 g/mol. The fraction of sp³-hybridized carbons (Fsp3) is 0.105. The van der Waals surface area contributed by atoms with E-state index in [0.717, 1.165) is 5.56 Å². The first-order valence-corrected chi connectivity index (χ1v) is 8.90. The lowest BCUT2D eigenvalue weighted by Gasteiger charge is -2.09. The van der Waals surface area contributed by atoms with Gasteiger partial charge in [0.15, 0.2) is 11.5 Å². The number of hydrogen-bond donors (Lipinski definition) is 1. The molecule has 27 heavy (non-hydrogen) atoms. The number of amides is 1. The van der Waals surface area contributed by atoms with Gasteiger partial charge in [-0.1, -0.05) is 40.9 Å². The van der Waals surface area contributed by atoms with Crippen molar-refractivity contribution < 1.29 is 18.3 Å². The highest BCUT2D eigenvalue weighted by Gasteiger charge is 2.15. The van der Waals surface area contributed by atoms with Crippen molar-refractivity contribution in [1.82, 2.24) is 0 Å². The number of ether oxygens (including phenoxy) is 1. The van der Waals surface area contributed by atoms with Crippen LogP contribution in [0.5, 0.6) is 5.75 Å². The quantitative estimate of drug-likeness (QED) is 0.503. The van der Waals surface area contributed by atoms with E-state index in [-0.39, 0.29) is 33.8 Å². The molecule has 0 saturated heterocycles. The van der Waals surface area contributed by atoms with Crippen molar-refractivity contribution in [2.24, 2.45) is 0 Å². The summed E-state index contributed by atoms with van der Waals surface area (Å²) in [6.07, 6.45) is 0. The lowest BCUT2D eigenvalue weighted by molar-refractivity contribution is 0.0992. The third-order valence-corrected chi connectivity index (χ3v) is 4.36. The number of halogens is 4. The van der Waals surface area contributed by atoms with Gasteiger partial charge in [-0.3, -0.25) is 4.79 Å². The van der Waals surface area contributed by atoms with Gasteiger partial charge in [0.25, 0.3) is 5.91 Å². The molecule has 0 aliphatic heterocycles. The van der Waals surface area contributed by atoms with Crippen molar-refractivity contribution in [3.8, 4) is 5.75 Å². The molecule has 0 aliphatic carbocycles. The summed E-state index contributed by atoms with van der Waals surface area (Å²) in [5.74, 6) is -0.467. The zero-order valence-electron chi connectivity index (χ0n) is 14.0. The van der Waals surface area contributed by atoms with Crippen molar-refractivity contribution in [3.63, 3.8) is 0 Å². The van der Waals surface area contributed by atoms with Crippen LogP contribution in [0.15, 0.2) is 46.9 Å². The number of rotatable bonds is 5. The van der Waals surface area contributed by atoms with Gasteiger partial charge in [-0.2, -0.15) is 0 Å². The minimum Gasteiger partial charge on any atom is -0.483 e. The van der Waals surface area contributed by atoms with Gasteiger partial charge in [0, 0.05) is 5.02 Å². The largest absolute Gasteiger partial charge is 0.483 e. The Bertz CT molecular complexity index is 981. The van der Waals surface area contributed by atoms with E-state index in [2.05, 4.69) is 5.32 Å². The number of carbonyl (C=O) groups excluding carboxylic acids is 1. The Kier molecular flexibility index (Phi) is 5.95. The number of hydrogen-bond acceptors (Lipinski definition) is 3. The molecule has 2 aromatic carbocycles. The van der Waals surface area contributed by atoms with Crippen molar-refractivity contribution >= 4 is 46.4 Å². The summed E-state index contributed by atoms with van der Waals surface area (Å²) < 4.78 is 24.8. The highest BCUT2D eigenvalue weighted by atomic mass is 35.5. The van der Waals surface area contributed by atoms with Crippen LogP contribution in [0.25, 0.3) is 0 Å². The van der Waals surface area contributed by atoms with Crippen LogP contribution in [0.4, 0.5) is 10.1 Å². The molecule has 0 aliphatic rings. The Labute approximate surface area is 169 Å². The Morgan fingerprint density at radius 3 is 2.52 bits per heavy atom. The van der Waals surface area contributed by atoms with Crippen LogP contribution in [0, 0.1) is 12.7 Å². The molecule has 3 aromatic rings. The lowest BCUT2D eigenvalue weighted by atomic mass is 10.2. The second-order valence-corrected chi connectivity index (χ2v) is 6.94. The second kappa shape index (κ2) is 8.21. The molecule has 0 unspecified atom stereocenters. The molecule has 1 aromatic heterocycles. The van der Waals surface area contributed by atoms with E-state index in [0.29, 0.717) is 10.8 Å². The molecule has 4 nitrogen and oxygen atoms in total. The molecule has 0 radical (unpaired) electrons. The Hall–Kier alpha value is -2.21. The van der Waals surface area contributed by atoms with Gasteiger partial charge < -0.3 is 14.5 Å². The van der Waals surface area contributed by atoms with Crippen molar-refractivity contribution in [3.05, 3.63) is 80.4 Å². The number of carbonyl (C=O) groups is 1. The van der Waals surface area contributed by atoms with Crippen molar-refractivity contribution in [1.29, 1.82) is 0 Å². The van der Waals surface area contributed by atoms with E-state index in [1.807, 2.05) is 0 Å². The van der Waals surface area contributed by atoms with Gasteiger partial charge in [-0.15, -0.1) is 0 Å². The first-order chi connectivity index (χ1) is 12.8. The molecule has 1 heterocycles. The minimum absolute atomic E-state index is 0.00679. The maximum atomic E-state index is 13.8. The summed E-state index contributed by atoms with van der Waals surface area (Å²) in [6, 6.07) is 10.5. The fourth-order valence-corrected chi connectivity index (χ4v) is 3.23. The predicted octanol–water partition coefficient (Wildman–Crippen LogP) is 6.52. The third kappa shape index (κ3) is 4.75. The van der Waals surface area contributed by atoms with Crippen LogP contribution in [0.2, 0.25) is 15.1 Å². The highest BCUT2D eigenvalue weighted by Crippen LogP contribution is 2.36. The number of furan rings is 1. The number of aryl methyl sites for hydroxylation is 1. The standard InChI is InChI=1S/C19H13Cl3FNO3/c1-10-2-4-15(23)16(6-10)24-19(25)17-5-3-12(27-17)9-26-18-13(21)7-11(20)8-14(18)22/h2-8H,9H2,1H3,(H,24,25). The van der Waals surface area contributed by atoms with E-state index >= 15 is 0 Å². The van der Waals surface area contributed by atoms with Crippen molar-refractivity contribution in [2.75, 3.05) is 5.32 Å². The molecular weight excluding hydrogens is 416 g/mol. The predicted molar refractivity (Wildman–Crippen MR) is 104 cm³/mol. The summed E-state index contributed by atoms with van der Waals surface area (Å²) in [7, 11) is 0. The zero-order valence-corrected chi connectivity index (χ0v) is 16.3. The van der Waals surface area contributed by atoms with Crippen molar-refractivity contribution in [2.45, 2.75) is 13.5 Å². The summed E-state index contributed by atoms with van der Waals surface area (Å²) in [5, 5.41) is 3.37. The van der Waals surface area contributed by atoms with Gasteiger partial charge >= 0.3 is 0 Å². The Balaban J connectivity index is 1.68. The molecule has 0 atom stereocenters. The van der Waals surface area contributed by atoms with Gasteiger partial charge in [0.1, 0.15) is 18.2 Å². The summed E-state index contributed by atoms with van der Waals surface area (Å²) in [6.45, 7) is 1.79. The molecule has 0 spiro atoms. The summed E-state index contributed by atoms with van der Waals surface area (Å²) in [5.41, 5.74) is 0.894. The van der Waals surface area contributed by atoms with Crippen LogP contribution in [-0.4, -0.2) is 5.91 Å². The number of nitrogens with one attached hydrogen (secondary N) is 1. The van der Waals surface area contributed by atoms with Crippen LogP contribution < -0.4 is 10.1 Å². The van der Waals surface area contributed by atoms with E-state index in [4.69, 9.17) is 44.0 Å². The molecule has 8 heteroatoms. The average Bonchev–Trinajstić information content (AvgIpc) is 3.06. The second-order valence-electron chi connectivity index (χ2n) is 5.69. The maximum absolute atomic E-state index is 13.8. The number of anilines is 1. The first kappa shape index (κ1) is 19.5. The Morgan fingerprint density at radius 1 is 1.11 bits per heavy atom. The van der Waals surface area contributed by atoms with Gasteiger partial charge in [-0.25, -0.2) is 4.39 Å². The lowest BCUT2D eigenvalue weighted by Crippen LogP contribution is -2.12. The van der Waals surface area contributed by atoms with Crippen LogP contribution in [0.1, 0.15) is 21.9 Å². The smallest absolute Gasteiger partial charge is 0.291 e. The third-order valence-electron chi connectivity index (χ3n) is 3.58. The molecular formula is C19H13Cl3FNO3. The fourth-order valence-electron chi connectivity index (χ4n) is 2.31. The minimum atomic E-state index is -0.576. The molecule has 1 N–H and O–H groups in total. The molecule has 0 saturated carbocycles. The number of benzene rings is 2. The molecule has 0 fully saturated rings. The van der Waals surface area contributed by atoms with E-state index < -0.39 is 11.7 Å². The molecule has 1 amide bonds. The SMILES string of the molecule is Cc1ccc(F)c(NC(=O)c2ccc(COc3c(Cl)cc(Cl)cc3Cl)o2)c1. The summed E-state index contributed by atoms with van der Waals surface area (Å²) >= 11 is 18.0. The zero-order chi connectivity index (χ0) is 19.6. The molecule has 3 rings (SSSR count). The van der Waals surface area contributed by atoms with Gasteiger partial charge in [-0.05, 0) is 48.9 Å². The van der Waals surface area contributed by atoms with Gasteiger partial charge in [0.05, 0.1) is 15.7 Å². The van der Waals surface area contributed by atoms with Crippen LogP contribution >= 0.6 is 34.8 Å². The Morgan fingerprint density at radius 2 is 1.81 bits per heavy atom. The normalized spacial score (nSPS) is 10.7. The topological polar surface area (TPSA) is 51.5 Å². The summed E-state index contributed by atoms with van der Waals surface area (Å²) in [4.78, 5) is 12.2. The van der Waals surface area contributed by atoms with E-state index in [1.165, 1.54) is 30.3 Å². The van der Waals surface area contributed by atoms with E-state index in [9.17, 15) is 9.18 Å². The van der Waals surface area contributed by atoms with Crippen LogP contribution in [0.3, 0.4) is 0 Å². The van der Waals surface area contributed by atoms with Crippen LogP contribution in [-0.2, 0) is 6.61 Å².